The predicted molar refractivity (Wildman–Crippen MR) is 97.6 cm³/mol. The van der Waals surface area contributed by atoms with Crippen LogP contribution in [0.4, 0.5) is 5.00 Å². The third-order valence-electron chi connectivity index (χ3n) is 4.00. The van der Waals surface area contributed by atoms with Gasteiger partial charge >= 0.3 is 5.97 Å². The van der Waals surface area contributed by atoms with Gasteiger partial charge < -0.3 is 10.1 Å². The average Bonchev–Trinajstić information content (AvgIpc) is 3.16. The molecule has 0 saturated heterocycles. The monoisotopic (exact) mass is 384 g/mol. The number of likely N-dealkylation sites (N-methyl/N-ethyl adjacent to an activating group) is 1. The topological polar surface area (TPSA) is 58.6 Å². The first-order chi connectivity index (χ1) is 11.5. The van der Waals surface area contributed by atoms with Crippen molar-refractivity contribution >= 4 is 51.2 Å². The maximum absolute atomic E-state index is 12.4. The zero-order chi connectivity index (χ0) is 17.3. The predicted octanol–water partition coefficient (Wildman–Crippen LogP) is 3.88. The van der Waals surface area contributed by atoms with Crippen LogP contribution in [0, 0.1) is 0 Å². The summed E-state index contributed by atoms with van der Waals surface area (Å²) in [5.41, 5.74) is 1.49. The Morgan fingerprint density at radius 3 is 2.79 bits per heavy atom. The highest BCUT2D eigenvalue weighted by Crippen LogP contribution is 2.38. The first-order valence-electron chi connectivity index (χ1n) is 7.55. The minimum atomic E-state index is -0.406. The number of hydrogen-bond acceptors (Lipinski definition) is 6. The van der Waals surface area contributed by atoms with Gasteiger partial charge in [-0.2, -0.15) is 0 Å². The molecule has 0 aromatic carbocycles. The summed E-state index contributed by atoms with van der Waals surface area (Å²) in [5.74, 6) is -0.667. The van der Waals surface area contributed by atoms with Gasteiger partial charge in [0.2, 0.25) is 0 Å². The lowest BCUT2D eigenvalue weighted by Gasteiger charge is -2.25. The fourth-order valence-corrected chi connectivity index (χ4v) is 4.94. The van der Waals surface area contributed by atoms with Crippen molar-refractivity contribution in [1.82, 2.24) is 4.90 Å². The Morgan fingerprint density at radius 1 is 1.38 bits per heavy atom. The highest BCUT2D eigenvalue weighted by Gasteiger charge is 2.29. The number of ether oxygens (including phenoxy) is 1. The molecule has 24 heavy (non-hydrogen) atoms. The van der Waals surface area contributed by atoms with Gasteiger partial charge in [-0.05, 0) is 30.7 Å². The minimum Gasteiger partial charge on any atom is -0.465 e. The van der Waals surface area contributed by atoms with Crippen LogP contribution in [0.2, 0.25) is 4.34 Å². The van der Waals surface area contributed by atoms with E-state index >= 15 is 0 Å². The number of fused-ring (bicyclic) bond motifs is 1. The zero-order valence-electron chi connectivity index (χ0n) is 13.3. The number of hydrogen-bond donors (Lipinski definition) is 1. The summed E-state index contributed by atoms with van der Waals surface area (Å²) in [7, 11) is 1.36. The van der Waals surface area contributed by atoms with Crippen molar-refractivity contribution in [3.05, 3.63) is 37.4 Å². The first kappa shape index (κ1) is 17.4. The summed E-state index contributed by atoms with van der Waals surface area (Å²) in [6.45, 7) is 4.77. The van der Waals surface area contributed by atoms with E-state index in [0.29, 0.717) is 19.8 Å². The molecule has 0 spiro atoms. The van der Waals surface area contributed by atoms with Gasteiger partial charge in [0.05, 0.1) is 21.9 Å². The summed E-state index contributed by atoms with van der Waals surface area (Å²) in [6.07, 6.45) is 0.783. The van der Waals surface area contributed by atoms with Crippen LogP contribution in [0.1, 0.15) is 37.4 Å². The molecule has 0 unspecified atom stereocenters. The molecule has 1 N–H and O–H groups in total. The molecule has 5 nitrogen and oxygen atoms in total. The van der Waals surface area contributed by atoms with Gasteiger partial charge in [0.1, 0.15) is 5.00 Å². The number of amides is 1. The van der Waals surface area contributed by atoms with E-state index in [1.54, 1.807) is 12.1 Å². The second kappa shape index (κ2) is 7.23. The number of thiophene rings is 2. The zero-order valence-corrected chi connectivity index (χ0v) is 15.7. The fraction of sp³-hybridized carbons (Fsp3) is 0.375. The van der Waals surface area contributed by atoms with Crippen molar-refractivity contribution in [3.8, 4) is 0 Å². The van der Waals surface area contributed by atoms with Crippen LogP contribution < -0.4 is 5.32 Å². The fourth-order valence-electron chi connectivity index (χ4n) is 2.73. The molecule has 0 atom stereocenters. The largest absolute Gasteiger partial charge is 0.465 e. The standard InChI is InChI=1S/C16H17ClN2O3S2/c1-3-19-7-6-9-11(8-19)24-15(13(9)16(21)22-2)18-14(20)10-4-5-12(17)23-10/h4-5H,3,6-8H2,1-2H3,(H,18,20). The Kier molecular flexibility index (Phi) is 5.24. The van der Waals surface area contributed by atoms with Crippen LogP contribution in [-0.4, -0.2) is 37.0 Å². The van der Waals surface area contributed by atoms with Gasteiger partial charge in [-0.3, -0.25) is 9.69 Å². The van der Waals surface area contributed by atoms with Crippen LogP contribution in [0.5, 0.6) is 0 Å². The van der Waals surface area contributed by atoms with Gasteiger partial charge in [0, 0.05) is 18.0 Å². The van der Waals surface area contributed by atoms with Crippen LogP contribution in [0.3, 0.4) is 0 Å². The number of methoxy groups -OCH3 is 1. The van der Waals surface area contributed by atoms with Crippen molar-refractivity contribution in [2.75, 3.05) is 25.5 Å². The summed E-state index contributed by atoms with van der Waals surface area (Å²) < 4.78 is 5.48. The SMILES string of the molecule is CCN1CCc2c(sc(NC(=O)c3ccc(Cl)s3)c2C(=O)OC)C1. The Morgan fingerprint density at radius 2 is 2.17 bits per heavy atom. The molecular formula is C16H17ClN2O3S2. The number of carbonyl (C=O) groups is 2. The Labute approximate surface area is 153 Å². The molecule has 2 aromatic rings. The third kappa shape index (κ3) is 3.35. The van der Waals surface area contributed by atoms with Gasteiger partial charge in [-0.25, -0.2) is 4.79 Å². The van der Waals surface area contributed by atoms with E-state index in [-0.39, 0.29) is 5.91 Å². The van der Waals surface area contributed by atoms with Crippen LogP contribution in [0.15, 0.2) is 12.1 Å². The lowest BCUT2D eigenvalue weighted by Crippen LogP contribution is -2.29. The van der Waals surface area contributed by atoms with E-state index in [2.05, 4.69) is 17.1 Å². The Balaban J connectivity index is 1.93. The summed E-state index contributed by atoms with van der Waals surface area (Å²) in [5, 5.41) is 3.41. The highest BCUT2D eigenvalue weighted by atomic mass is 35.5. The molecule has 0 saturated carbocycles. The molecule has 3 heterocycles. The van der Waals surface area contributed by atoms with E-state index in [9.17, 15) is 9.59 Å². The number of carbonyl (C=O) groups excluding carboxylic acids is 2. The van der Waals surface area contributed by atoms with Gasteiger partial charge in [-0.15, -0.1) is 22.7 Å². The lowest BCUT2D eigenvalue weighted by molar-refractivity contribution is 0.0600. The molecule has 0 bridgehead atoms. The van der Waals surface area contributed by atoms with Gasteiger partial charge in [0.15, 0.2) is 0 Å². The number of esters is 1. The number of nitrogens with one attached hydrogen (secondary N) is 1. The van der Waals surface area contributed by atoms with E-state index in [4.69, 9.17) is 16.3 Å². The first-order valence-corrected chi connectivity index (χ1v) is 9.56. The highest BCUT2D eigenvalue weighted by molar-refractivity contribution is 7.18. The molecule has 1 aliphatic heterocycles. The van der Waals surface area contributed by atoms with Crippen LogP contribution in [-0.2, 0) is 17.7 Å². The van der Waals surface area contributed by atoms with Crippen molar-refractivity contribution in [1.29, 1.82) is 0 Å². The lowest BCUT2D eigenvalue weighted by atomic mass is 10.0. The van der Waals surface area contributed by atoms with Gasteiger partial charge in [0.25, 0.3) is 5.91 Å². The van der Waals surface area contributed by atoms with E-state index < -0.39 is 5.97 Å². The van der Waals surface area contributed by atoms with Crippen molar-refractivity contribution in [2.24, 2.45) is 0 Å². The number of nitrogens with zero attached hydrogens (tertiary/aromatic N) is 1. The molecule has 1 aliphatic rings. The van der Waals surface area contributed by atoms with Crippen LogP contribution in [0.25, 0.3) is 0 Å². The summed E-state index contributed by atoms with van der Waals surface area (Å²) in [4.78, 5) is 28.6. The van der Waals surface area contributed by atoms with Crippen molar-refractivity contribution in [2.45, 2.75) is 19.9 Å². The molecule has 1 amide bonds. The molecule has 128 valence electrons. The molecule has 0 fully saturated rings. The molecule has 0 radical (unpaired) electrons. The second-order valence-corrected chi connectivity index (χ2v) is 8.20. The van der Waals surface area contributed by atoms with Crippen molar-refractivity contribution < 1.29 is 14.3 Å². The Bertz CT molecular complexity index is 784. The molecule has 3 rings (SSSR count). The summed E-state index contributed by atoms with van der Waals surface area (Å²) in [6, 6.07) is 3.35. The maximum Gasteiger partial charge on any atom is 0.341 e. The Hall–Kier alpha value is -1.41. The maximum atomic E-state index is 12.4. The number of anilines is 1. The number of halogens is 1. The average molecular weight is 385 g/mol. The van der Waals surface area contributed by atoms with E-state index in [0.717, 1.165) is 36.5 Å². The smallest absolute Gasteiger partial charge is 0.341 e. The van der Waals surface area contributed by atoms with E-state index in [1.807, 2.05) is 0 Å². The van der Waals surface area contributed by atoms with Crippen LogP contribution >= 0.6 is 34.3 Å². The van der Waals surface area contributed by atoms with E-state index in [1.165, 1.54) is 29.8 Å². The quantitative estimate of drug-likeness (QED) is 0.812. The second-order valence-electron chi connectivity index (χ2n) is 5.38. The molecule has 8 heteroatoms. The normalized spacial score (nSPS) is 14.3. The minimum absolute atomic E-state index is 0.261. The van der Waals surface area contributed by atoms with Crippen molar-refractivity contribution in [3.63, 3.8) is 0 Å². The third-order valence-corrected chi connectivity index (χ3v) is 6.36. The molecule has 2 aromatic heterocycles. The molecule has 0 aliphatic carbocycles. The number of rotatable bonds is 4. The summed E-state index contributed by atoms with van der Waals surface area (Å²) >= 11 is 8.55. The van der Waals surface area contributed by atoms with Gasteiger partial charge in [-0.1, -0.05) is 18.5 Å². The molecular weight excluding hydrogens is 368 g/mol.